The van der Waals surface area contributed by atoms with Gasteiger partial charge in [-0.1, -0.05) is 29.8 Å². The van der Waals surface area contributed by atoms with Crippen molar-refractivity contribution in [3.63, 3.8) is 0 Å². The summed E-state index contributed by atoms with van der Waals surface area (Å²) >= 11 is 0. The van der Waals surface area contributed by atoms with E-state index in [1.165, 1.54) is 0 Å². The fourth-order valence-electron chi connectivity index (χ4n) is 2.04. The molecule has 0 saturated carbocycles. The van der Waals surface area contributed by atoms with E-state index in [0.29, 0.717) is 5.56 Å². The molecule has 1 heterocycles. The maximum absolute atomic E-state index is 12.4. The highest BCUT2D eigenvalue weighted by molar-refractivity contribution is 6.01. The third-order valence-corrected chi connectivity index (χ3v) is 2.94. The van der Waals surface area contributed by atoms with Crippen molar-refractivity contribution in [1.29, 1.82) is 0 Å². The number of fused-ring (bicyclic) bond motifs is 1. The molecular weight excluding hydrogens is 224 g/mol. The van der Waals surface area contributed by atoms with Crippen LogP contribution in [0.4, 0.5) is 0 Å². The molecule has 0 spiro atoms. The molecule has 0 atom stereocenters. The average molecular weight is 236 g/mol. The quantitative estimate of drug-likeness (QED) is 0.651. The summed E-state index contributed by atoms with van der Waals surface area (Å²) in [6, 6.07) is 15.2. The van der Waals surface area contributed by atoms with E-state index in [0.717, 1.165) is 16.6 Å². The first kappa shape index (κ1) is 10.7. The first-order valence-electron chi connectivity index (χ1n) is 5.79. The van der Waals surface area contributed by atoms with Gasteiger partial charge in [-0.3, -0.25) is 9.36 Å². The zero-order chi connectivity index (χ0) is 12.5. The van der Waals surface area contributed by atoms with Gasteiger partial charge < -0.3 is 0 Å². The molecule has 88 valence electrons. The van der Waals surface area contributed by atoms with Crippen LogP contribution in [0, 0.1) is 6.92 Å². The first-order valence-corrected chi connectivity index (χ1v) is 5.79. The van der Waals surface area contributed by atoms with Crippen molar-refractivity contribution in [3.8, 4) is 0 Å². The van der Waals surface area contributed by atoms with E-state index in [1.807, 2.05) is 55.5 Å². The smallest absolute Gasteiger partial charge is 0.263 e. The largest absolute Gasteiger partial charge is 0.268 e. The normalized spacial score (nSPS) is 10.7. The topological polar surface area (TPSA) is 34.9 Å². The van der Waals surface area contributed by atoms with Crippen LogP contribution in [0.15, 0.2) is 54.9 Å². The van der Waals surface area contributed by atoms with E-state index < -0.39 is 0 Å². The maximum atomic E-state index is 12.4. The molecule has 3 heteroatoms. The molecule has 2 aromatic carbocycles. The Morgan fingerprint density at radius 1 is 1.11 bits per heavy atom. The molecule has 0 amide bonds. The van der Waals surface area contributed by atoms with Crippen molar-refractivity contribution in [1.82, 2.24) is 9.55 Å². The van der Waals surface area contributed by atoms with Crippen LogP contribution in [0.2, 0.25) is 0 Å². The van der Waals surface area contributed by atoms with E-state index >= 15 is 0 Å². The number of aromatic nitrogens is 2. The van der Waals surface area contributed by atoms with Gasteiger partial charge in [0.25, 0.3) is 5.91 Å². The molecule has 0 bridgehead atoms. The highest BCUT2D eigenvalue weighted by atomic mass is 16.2. The number of carbonyl (C=O) groups is 1. The Bertz CT molecular complexity index is 728. The van der Waals surface area contributed by atoms with Crippen molar-refractivity contribution in [3.05, 3.63) is 66.0 Å². The van der Waals surface area contributed by atoms with Gasteiger partial charge in [-0.25, -0.2) is 4.98 Å². The number of benzene rings is 2. The molecule has 0 aliphatic rings. The highest BCUT2D eigenvalue weighted by Gasteiger charge is 2.11. The minimum Gasteiger partial charge on any atom is -0.268 e. The van der Waals surface area contributed by atoms with Crippen LogP contribution in [0.1, 0.15) is 15.9 Å². The lowest BCUT2D eigenvalue weighted by Crippen LogP contribution is -2.10. The van der Waals surface area contributed by atoms with Crippen LogP contribution in [0.5, 0.6) is 0 Å². The Hall–Kier alpha value is -2.42. The Kier molecular flexibility index (Phi) is 2.45. The summed E-state index contributed by atoms with van der Waals surface area (Å²) < 4.78 is 1.59. The number of hydrogen-bond acceptors (Lipinski definition) is 2. The van der Waals surface area contributed by atoms with Crippen molar-refractivity contribution >= 4 is 16.9 Å². The van der Waals surface area contributed by atoms with Crippen LogP contribution in [-0.2, 0) is 0 Å². The summed E-state index contributed by atoms with van der Waals surface area (Å²) in [4.78, 5) is 16.6. The molecule has 1 aromatic heterocycles. The molecule has 0 aliphatic carbocycles. The van der Waals surface area contributed by atoms with Gasteiger partial charge >= 0.3 is 0 Å². The standard InChI is InChI=1S/C15H12N2O/c1-11-5-4-6-12(9-11)15(18)17-10-16-13-7-2-3-8-14(13)17/h2-10H,1H3. The zero-order valence-electron chi connectivity index (χ0n) is 10.00. The van der Waals surface area contributed by atoms with Gasteiger partial charge in [-0.2, -0.15) is 0 Å². The van der Waals surface area contributed by atoms with Crippen molar-refractivity contribution < 1.29 is 4.79 Å². The number of rotatable bonds is 1. The number of aryl methyl sites for hydroxylation is 1. The Balaban J connectivity index is 2.12. The SMILES string of the molecule is Cc1cccc(C(=O)n2cnc3ccccc32)c1. The van der Waals surface area contributed by atoms with Crippen LogP contribution in [0.3, 0.4) is 0 Å². The van der Waals surface area contributed by atoms with Crippen molar-refractivity contribution in [2.24, 2.45) is 0 Å². The summed E-state index contributed by atoms with van der Waals surface area (Å²) in [5, 5.41) is 0. The van der Waals surface area contributed by atoms with Gasteiger partial charge in [-0.15, -0.1) is 0 Å². The second-order valence-electron chi connectivity index (χ2n) is 4.28. The maximum Gasteiger partial charge on any atom is 0.263 e. The molecule has 0 aliphatic heterocycles. The third-order valence-electron chi connectivity index (χ3n) is 2.94. The van der Waals surface area contributed by atoms with E-state index in [2.05, 4.69) is 4.98 Å². The molecule has 0 radical (unpaired) electrons. The lowest BCUT2D eigenvalue weighted by molar-refractivity contribution is 0.0964. The van der Waals surface area contributed by atoms with Gasteiger partial charge in [0.05, 0.1) is 11.0 Å². The lowest BCUT2D eigenvalue weighted by Gasteiger charge is -2.03. The molecule has 3 rings (SSSR count). The van der Waals surface area contributed by atoms with Crippen molar-refractivity contribution in [2.75, 3.05) is 0 Å². The second kappa shape index (κ2) is 4.11. The van der Waals surface area contributed by atoms with Gasteiger partial charge in [0.2, 0.25) is 0 Å². The monoisotopic (exact) mass is 236 g/mol. The Morgan fingerprint density at radius 2 is 1.94 bits per heavy atom. The highest BCUT2D eigenvalue weighted by Crippen LogP contribution is 2.14. The van der Waals surface area contributed by atoms with Crippen LogP contribution in [-0.4, -0.2) is 15.5 Å². The molecule has 0 saturated heterocycles. The minimum absolute atomic E-state index is 0.0487. The molecule has 0 fully saturated rings. The summed E-state index contributed by atoms with van der Waals surface area (Å²) in [6.45, 7) is 1.97. The van der Waals surface area contributed by atoms with Crippen molar-refractivity contribution in [2.45, 2.75) is 6.92 Å². The van der Waals surface area contributed by atoms with Gasteiger partial charge in [0.15, 0.2) is 0 Å². The molecule has 18 heavy (non-hydrogen) atoms. The predicted octanol–water partition coefficient (Wildman–Crippen LogP) is 3.03. The lowest BCUT2D eigenvalue weighted by atomic mass is 10.1. The fraction of sp³-hybridized carbons (Fsp3) is 0.0667. The zero-order valence-corrected chi connectivity index (χ0v) is 10.00. The Labute approximate surface area is 105 Å². The minimum atomic E-state index is -0.0487. The number of nitrogens with zero attached hydrogens (tertiary/aromatic N) is 2. The predicted molar refractivity (Wildman–Crippen MR) is 70.6 cm³/mol. The van der Waals surface area contributed by atoms with Crippen LogP contribution >= 0.6 is 0 Å². The summed E-state index contributed by atoms with van der Waals surface area (Å²) in [7, 11) is 0. The van der Waals surface area contributed by atoms with E-state index in [4.69, 9.17) is 0 Å². The summed E-state index contributed by atoms with van der Waals surface area (Å²) in [5.74, 6) is -0.0487. The number of hydrogen-bond donors (Lipinski definition) is 0. The summed E-state index contributed by atoms with van der Waals surface area (Å²) in [6.07, 6.45) is 1.58. The number of imidazole rings is 1. The van der Waals surface area contributed by atoms with E-state index in [-0.39, 0.29) is 5.91 Å². The average Bonchev–Trinajstić information content (AvgIpc) is 2.82. The molecular formula is C15H12N2O. The second-order valence-corrected chi connectivity index (χ2v) is 4.28. The van der Waals surface area contributed by atoms with Crippen LogP contribution in [0.25, 0.3) is 11.0 Å². The third kappa shape index (κ3) is 1.70. The van der Waals surface area contributed by atoms with Gasteiger partial charge in [0, 0.05) is 5.56 Å². The van der Waals surface area contributed by atoms with Crippen LogP contribution < -0.4 is 0 Å². The van der Waals surface area contributed by atoms with Gasteiger partial charge in [0.1, 0.15) is 6.33 Å². The summed E-state index contributed by atoms with van der Waals surface area (Å²) in [5.41, 5.74) is 3.42. The molecule has 3 nitrogen and oxygen atoms in total. The van der Waals surface area contributed by atoms with E-state index in [1.54, 1.807) is 10.9 Å². The fourth-order valence-corrected chi connectivity index (χ4v) is 2.04. The molecule has 3 aromatic rings. The van der Waals surface area contributed by atoms with E-state index in [9.17, 15) is 4.79 Å². The molecule has 0 unspecified atom stereocenters. The Morgan fingerprint density at radius 3 is 2.78 bits per heavy atom. The number of para-hydroxylation sites is 2. The molecule has 0 N–H and O–H groups in total. The first-order chi connectivity index (χ1) is 8.75. The van der Waals surface area contributed by atoms with Gasteiger partial charge in [-0.05, 0) is 31.2 Å². The number of carbonyl (C=O) groups excluding carboxylic acids is 1.